The van der Waals surface area contributed by atoms with E-state index in [0.717, 1.165) is 0 Å². The second kappa shape index (κ2) is 8.48. The molecule has 154 valence electrons. The number of nitrogens with one attached hydrogen (secondary N) is 2. The Morgan fingerprint density at radius 3 is 2.82 bits per heavy atom. The van der Waals surface area contributed by atoms with E-state index >= 15 is 0 Å². The number of piperazine rings is 1. The van der Waals surface area contributed by atoms with Crippen molar-refractivity contribution in [3.63, 3.8) is 0 Å². The Morgan fingerprint density at radius 2 is 2.21 bits per heavy atom. The largest absolute Gasteiger partial charge is 0.395 e. The monoisotopic (exact) mass is 411 g/mol. The number of aliphatic hydroxyl groups excluding tert-OH is 1. The molecule has 0 saturated carbocycles. The van der Waals surface area contributed by atoms with Crippen LogP contribution in [0.3, 0.4) is 0 Å². The molecule has 9 nitrogen and oxygen atoms in total. The fourth-order valence-corrected chi connectivity index (χ4v) is 4.40. The molecular formula is C18H26ClN5O4. The fraction of sp³-hybridized carbons (Fsp3) is 0.667. The third kappa shape index (κ3) is 4.00. The lowest BCUT2D eigenvalue weighted by molar-refractivity contribution is -0.140. The van der Waals surface area contributed by atoms with Gasteiger partial charge in [-0.2, -0.15) is 5.10 Å². The van der Waals surface area contributed by atoms with Crippen LogP contribution in [0.4, 0.5) is 0 Å². The van der Waals surface area contributed by atoms with Gasteiger partial charge in [-0.05, 0) is 18.8 Å². The second-order valence-corrected chi connectivity index (χ2v) is 8.19. The Bertz CT molecular complexity index is 752. The number of carbonyl (C=O) groups excluding carboxylic acids is 3. The van der Waals surface area contributed by atoms with Crippen LogP contribution >= 0.6 is 11.6 Å². The number of hydrogen-bond acceptors (Lipinski definition) is 5. The van der Waals surface area contributed by atoms with E-state index in [9.17, 15) is 14.4 Å². The van der Waals surface area contributed by atoms with Crippen LogP contribution in [0.15, 0.2) is 6.20 Å². The molecule has 0 aromatic carbocycles. The zero-order valence-corrected chi connectivity index (χ0v) is 16.8. The summed E-state index contributed by atoms with van der Waals surface area (Å²) in [6, 6.07) is -0.426. The van der Waals surface area contributed by atoms with E-state index in [-0.39, 0.29) is 66.1 Å². The van der Waals surface area contributed by atoms with Gasteiger partial charge in [-0.3, -0.25) is 19.5 Å². The number of rotatable bonds is 6. The number of amides is 3. The van der Waals surface area contributed by atoms with Gasteiger partial charge in [-0.1, -0.05) is 25.4 Å². The summed E-state index contributed by atoms with van der Waals surface area (Å²) in [7, 11) is 0. The molecule has 1 aromatic rings. The minimum Gasteiger partial charge on any atom is -0.395 e. The summed E-state index contributed by atoms with van der Waals surface area (Å²) < 4.78 is 0. The van der Waals surface area contributed by atoms with Crippen molar-refractivity contribution in [2.45, 2.75) is 38.8 Å². The molecule has 0 unspecified atom stereocenters. The minimum atomic E-state index is -0.371. The summed E-state index contributed by atoms with van der Waals surface area (Å²) in [6.07, 6.45) is 2.54. The van der Waals surface area contributed by atoms with Gasteiger partial charge in [0.2, 0.25) is 11.8 Å². The molecule has 3 rings (SSSR count). The Kier molecular flexibility index (Phi) is 6.24. The lowest BCUT2D eigenvalue weighted by Gasteiger charge is -2.40. The zero-order chi connectivity index (χ0) is 20.4. The predicted octanol–water partition coefficient (Wildman–Crippen LogP) is 0.259. The molecule has 0 bridgehead atoms. The molecule has 3 heterocycles. The highest BCUT2D eigenvalue weighted by Crippen LogP contribution is 2.37. The minimum absolute atomic E-state index is 0.0513. The van der Waals surface area contributed by atoms with E-state index in [0.29, 0.717) is 25.3 Å². The van der Waals surface area contributed by atoms with Gasteiger partial charge in [0.1, 0.15) is 12.2 Å². The molecule has 10 heteroatoms. The van der Waals surface area contributed by atoms with Crippen LogP contribution in [0.2, 0.25) is 5.02 Å². The van der Waals surface area contributed by atoms with E-state index in [1.165, 1.54) is 11.1 Å². The molecular weight excluding hydrogens is 386 g/mol. The Balaban J connectivity index is 1.79. The molecule has 2 aliphatic heterocycles. The smallest absolute Gasteiger partial charge is 0.273 e. The van der Waals surface area contributed by atoms with Crippen molar-refractivity contribution in [1.29, 1.82) is 0 Å². The van der Waals surface area contributed by atoms with Crippen LogP contribution in [0.1, 0.15) is 37.2 Å². The average Bonchev–Trinajstić information content (AvgIpc) is 3.22. The summed E-state index contributed by atoms with van der Waals surface area (Å²) >= 11 is 5.99. The van der Waals surface area contributed by atoms with Crippen LogP contribution in [0.5, 0.6) is 0 Å². The maximum atomic E-state index is 12.9. The summed E-state index contributed by atoms with van der Waals surface area (Å²) in [5.74, 6) is -0.731. The number of aliphatic hydroxyl groups is 1. The van der Waals surface area contributed by atoms with Crippen molar-refractivity contribution in [2.75, 3.05) is 26.2 Å². The SMILES string of the molecule is CC(C)C[C@H]1[C@@H](C(=O)NCCO)C[C@H]2CN(C(=O)c3[nH]ncc3Cl)CC(=O)N21. The number of carbonyl (C=O) groups is 3. The van der Waals surface area contributed by atoms with Crippen LogP contribution in [-0.4, -0.2) is 81.2 Å². The number of halogens is 1. The van der Waals surface area contributed by atoms with Crippen molar-refractivity contribution in [3.05, 3.63) is 16.9 Å². The molecule has 3 amide bonds. The normalized spacial score (nSPS) is 24.6. The van der Waals surface area contributed by atoms with Crippen LogP contribution in [-0.2, 0) is 9.59 Å². The number of H-pyrrole nitrogens is 1. The quantitative estimate of drug-likeness (QED) is 0.620. The van der Waals surface area contributed by atoms with Gasteiger partial charge < -0.3 is 20.2 Å². The highest BCUT2D eigenvalue weighted by molar-refractivity contribution is 6.33. The molecule has 3 atom stereocenters. The number of aromatic nitrogens is 2. The summed E-state index contributed by atoms with van der Waals surface area (Å²) in [6.45, 7) is 4.46. The highest BCUT2D eigenvalue weighted by Gasteiger charge is 2.50. The Labute approximate surface area is 168 Å². The third-order valence-electron chi connectivity index (χ3n) is 5.34. The summed E-state index contributed by atoms with van der Waals surface area (Å²) in [5.41, 5.74) is 0.164. The van der Waals surface area contributed by atoms with Crippen LogP contribution < -0.4 is 5.32 Å². The van der Waals surface area contributed by atoms with Crippen molar-refractivity contribution in [1.82, 2.24) is 25.3 Å². The van der Waals surface area contributed by atoms with Crippen LogP contribution in [0.25, 0.3) is 0 Å². The first-order valence-electron chi connectivity index (χ1n) is 9.51. The van der Waals surface area contributed by atoms with Gasteiger partial charge in [0.05, 0.1) is 29.8 Å². The average molecular weight is 412 g/mol. The lowest BCUT2D eigenvalue weighted by atomic mass is 9.91. The lowest BCUT2D eigenvalue weighted by Crippen LogP contribution is -2.58. The zero-order valence-electron chi connectivity index (χ0n) is 16.0. The molecule has 1 aromatic heterocycles. The number of fused-ring (bicyclic) bond motifs is 1. The molecule has 0 spiro atoms. The third-order valence-corrected chi connectivity index (χ3v) is 5.63. The maximum absolute atomic E-state index is 12.9. The first kappa shape index (κ1) is 20.6. The Morgan fingerprint density at radius 1 is 1.46 bits per heavy atom. The van der Waals surface area contributed by atoms with Gasteiger partial charge in [0, 0.05) is 19.1 Å². The van der Waals surface area contributed by atoms with Gasteiger partial charge in [0.15, 0.2) is 0 Å². The van der Waals surface area contributed by atoms with Crippen LogP contribution in [0, 0.1) is 11.8 Å². The Hall–Kier alpha value is -2.13. The number of nitrogens with zero attached hydrogens (tertiary/aromatic N) is 3. The summed E-state index contributed by atoms with van der Waals surface area (Å²) in [5, 5.41) is 18.3. The van der Waals surface area contributed by atoms with Gasteiger partial charge >= 0.3 is 0 Å². The standard InChI is InChI=1S/C18H26ClN5O4/c1-10(2)5-14-12(17(27)20-3-4-25)6-11-8-23(9-15(26)24(11)14)18(28)16-13(19)7-21-22-16/h7,10-12,14,25H,3-6,8-9H2,1-2H3,(H,20,27)(H,21,22)/t11-,12-,14-/m0/s1. The van der Waals surface area contributed by atoms with E-state index in [4.69, 9.17) is 16.7 Å². The van der Waals surface area contributed by atoms with E-state index < -0.39 is 0 Å². The topological polar surface area (TPSA) is 119 Å². The van der Waals surface area contributed by atoms with E-state index in [1.54, 1.807) is 4.90 Å². The first-order chi connectivity index (χ1) is 13.3. The number of aromatic amines is 1. The van der Waals surface area contributed by atoms with E-state index in [2.05, 4.69) is 29.4 Å². The molecule has 28 heavy (non-hydrogen) atoms. The molecule has 0 aliphatic carbocycles. The molecule has 0 radical (unpaired) electrons. The van der Waals surface area contributed by atoms with Crippen molar-refractivity contribution < 1.29 is 19.5 Å². The summed E-state index contributed by atoms with van der Waals surface area (Å²) in [4.78, 5) is 41.5. The fourth-order valence-electron chi connectivity index (χ4n) is 4.23. The number of hydrogen-bond donors (Lipinski definition) is 3. The van der Waals surface area contributed by atoms with Crippen molar-refractivity contribution >= 4 is 29.3 Å². The maximum Gasteiger partial charge on any atom is 0.273 e. The van der Waals surface area contributed by atoms with Crippen molar-refractivity contribution in [2.24, 2.45) is 11.8 Å². The van der Waals surface area contributed by atoms with E-state index in [1.807, 2.05) is 0 Å². The second-order valence-electron chi connectivity index (χ2n) is 7.79. The first-order valence-corrected chi connectivity index (χ1v) is 9.89. The van der Waals surface area contributed by atoms with Crippen molar-refractivity contribution in [3.8, 4) is 0 Å². The van der Waals surface area contributed by atoms with Gasteiger partial charge in [0.25, 0.3) is 5.91 Å². The molecule has 3 N–H and O–H groups in total. The molecule has 2 aliphatic rings. The molecule has 2 fully saturated rings. The highest BCUT2D eigenvalue weighted by atomic mass is 35.5. The van der Waals surface area contributed by atoms with Gasteiger partial charge in [-0.25, -0.2) is 0 Å². The van der Waals surface area contributed by atoms with Gasteiger partial charge in [-0.15, -0.1) is 0 Å². The predicted molar refractivity (Wildman–Crippen MR) is 102 cm³/mol. The molecule has 2 saturated heterocycles.